The van der Waals surface area contributed by atoms with E-state index in [9.17, 15) is 0 Å². The fraction of sp³-hybridized carbons (Fsp3) is 0. The molecule has 0 fully saturated rings. The standard InChI is InChI=1S/C70H42N4O2/c1-3-15-43(16-4-1)60-42-61(72-70(71-60)44-17-5-2-6-18-44)49-35-50(73-62-23-11-7-19-52(62)58-37-45(29-33-64(58)73)47-27-31-56-54-21-9-13-25-66(54)75-68(56)39-47)41-51(36-49)74-63-24-12-8-20-53(63)59-38-46(30-34-65(59)74)48-28-32-57-55-22-10-14-26-67(55)76-69(57)40-48/h1-42H. The van der Waals surface area contributed by atoms with Crippen molar-refractivity contribution in [3.63, 3.8) is 0 Å². The summed E-state index contributed by atoms with van der Waals surface area (Å²) in [6, 6.07) is 90.6. The summed E-state index contributed by atoms with van der Waals surface area (Å²) in [7, 11) is 0. The Morgan fingerprint density at radius 3 is 1.16 bits per heavy atom. The van der Waals surface area contributed by atoms with Crippen LogP contribution in [0.15, 0.2) is 264 Å². The number of nitrogens with zero attached hydrogens (tertiary/aromatic N) is 4. The second-order valence-corrected chi connectivity index (χ2v) is 19.7. The summed E-state index contributed by atoms with van der Waals surface area (Å²) in [6.07, 6.45) is 0. The molecule has 0 saturated carbocycles. The second kappa shape index (κ2) is 16.6. The van der Waals surface area contributed by atoms with Gasteiger partial charge in [-0.25, -0.2) is 9.97 Å². The average Bonchev–Trinajstić information content (AvgIpc) is 4.31. The zero-order valence-electron chi connectivity index (χ0n) is 40.9. The quantitative estimate of drug-likeness (QED) is 0.160. The van der Waals surface area contributed by atoms with Crippen LogP contribution in [0, 0.1) is 0 Å². The van der Waals surface area contributed by atoms with Gasteiger partial charge in [-0.05, 0) is 119 Å². The number of benzene rings is 11. The highest BCUT2D eigenvalue weighted by atomic mass is 16.3. The number of furan rings is 2. The van der Waals surface area contributed by atoms with Crippen molar-refractivity contribution in [1.29, 1.82) is 0 Å². The fourth-order valence-electron chi connectivity index (χ4n) is 11.7. The molecule has 5 aromatic heterocycles. The highest BCUT2D eigenvalue weighted by Gasteiger charge is 2.21. The molecule has 11 aromatic carbocycles. The van der Waals surface area contributed by atoms with E-state index in [-0.39, 0.29) is 0 Å². The lowest BCUT2D eigenvalue weighted by atomic mass is 10.0. The van der Waals surface area contributed by atoms with E-state index in [1.165, 1.54) is 10.8 Å². The molecular formula is C70H42N4O2. The van der Waals surface area contributed by atoms with Crippen LogP contribution in [0.1, 0.15) is 0 Å². The summed E-state index contributed by atoms with van der Waals surface area (Å²) in [5, 5.41) is 9.15. The van der Waals surface area contributed by atoms with Crippen LogP contribution in [0.4, 0.5) is 0 Å². The molecular weight excluding hydrogens is 929 g/mol. The molecule has 0 aliphatic heterocycles. The summed E-state index contributed by atoms with van der Waals surface area (Å²) >= 11 is 0. The molecule has 0 radical (unpaired) electrons. The Morgan fingerprint density at radius 1 is 0.237 bits per heavy atom. The molecule has 0 N–H and O–H groups in total. The summed E-state index contributed by atoms with van der Waals surface area (Å²) in [4.78, 5) is 10.6. The Bertz CT molecular complexity index is 4690. The molecule has 16 aromatic rings. The van der Waals surface area contributed by atoms with Crippen molar-refractivity contribution >= 4 is 87.5 Å². The molecule has 0 aliphatic rings. The van der Waals surface area contributed by atoms with Gasteiger partial charge in [0, 0.05) is 71.2 Å². The third kappa shape index (κ3) is 6.67. The van der Waals surface area contributed by atoms with Crippen LogP contribution in [0.25, 0.3) is 155 Å². The Labute approximate surface area is 435 Å². The lowest BCUT2D eigenvalue weighted by Gasteiger charge is -2.16. The molecule has 354 valence electrons. The highest BCUT2D eigenvalue weighted by molar-refractivity contribution is 6.13. The topological polar surface area (TPSA) is 61.9 Å². The van der Waals surface area contributed by atoms with Crippen LogP contribution in [-0.2, 0) is 0 Å². The van der Waals surface area contributed by atoms with Crippen LogP contribution >= 0.6 is 0 Å². The lowest BCUT2D eigenvalue weighted by Crippen LogP contribution is -2.01. The Balaban J connectivity index is 0.924. The third-order valence-corrected chi connectivity index (χ3v) is 15.3. The summed E-state index contributed by atoms with van der Waals surface area (Å²) in [5.74, 6) is 0.666. The van der Waals surface area contributed by atoms with Gasteiger partial charge in [-0.1, -0.05) is 158 Å². The first kappa shape index (κ1) is 42.2. The van der Waals surface area contributed by atoms with Crippen LogP contribution in [0.3, 0.4) is 0 Å². The van der Waals surface area contributed by atoms with Crippen molar-refractivity contribution in [2.45, 2.75) is 0 Å². The van der Waals surface area contributed by atoms with Gasteiger partial charge >= 0.3 is 0 Å². The second-order valence-electron chi connectivity index (χ2n) is 19.7. The molecule has 0 unspecified atom stereocenters. The van der Waals surface area contributed by atoms with E-state index in [1.54, 1.807) is 0 Å². The Hall–Kier alpha value is -10.3. The van der Waals surface area contributed by atoms with Gasteiger partial charge in [0.15, 0.2) is 5.82 Å². The van der Waals surface area contributed by atoms with Crippen molar-refractivity contribution in [2.24, 2.45) is 0 Å². The van der Waals surface area contributed by atoms with Crippen molar-refractivity contribution in [3.8, 4) is 67.5 Å². The summed E-state index contributed by atoms with van der Waals surface area (Å²) in [6.45, 7) is 0. The maximum absolute atomic E-state index is 6.37. The largest absolute Gasteiger partial charge is 0.456 e. The Kier molecular flexibility index (Phi) is 9.23. The van der Waals surface area contributed by atoms with Gasteiger partial charge in [0.05, 0.1) is 33.5 Å². The van der Waals surface area contributed by atoms with Gasteiger partial charge in [-0.3, -0.25) is 0 Å². The molecule has 16 rings (SSSR count). The molecule has 5 heterocycles. The third-order valence-electron chi connectivity index (χ3n) is 15.3. The van der Waals surface area contributed by atoms with Gasteiger partial charge in [0.2, 0.25) is 0 Å². The van der Waals surface area contributed by atoms with E-state index in [2.05, 4.69) is 215 Å². The van der Waals surface area contributed by atoms with E-state index in [1.807, 2.05) is 48.5 Å². The monoisotopic (exact) mass is 970 g/mol. The van der Waals surface area contributed by atoms with Crippen LogP contribution < -0.4 is 0 Å². The molecule has 6 nitrogen and oxygen atoms in total. The van der Waals surface area contributed by atoms with Crippen LogP contribution in [0.2, 0.25) is 0 Å². The predicted octanol–water partition coefficient (Wildman–Crippen LogP) is 18.8. The Morgan fingerprint density at radius 2 is 0.632 bits per heavy atom. The minimum absolute atomic E-state index is 0.666. The van der Waals surface area contributed by atoms with E-state index >= 15 is 0 Å². The van der Waals surface area contributed by atoms with Gasteiger partial charge in [-0.2, -0.15) is 0 Å². The van der Waals surface area contributed by atoms with Crippen molar-refractivity contribution in [2.75, 3.05) is 0 Å². The highest BCUT2D eigenvalue weighted by Crippen LogP contribution is 2.42. The van der Waals surface area contributed by atoms with E-state index in [0.717, 1.165) is 138 Å². The molecule has 76 heavy (non-hydrogen) atoms. The van der Waals surface area contributed by atoms with Gasteiger partial charge in [0.25, 0.3) is 0 Å². The zero-order chi connectivity index (χ0) is 49.8. The van der Waals surface area contributed by atoms with E-state index in [4.69, 9.17) is 18.8 Å². The molecule has 0 saturated heterocycles. The lowest BCUT2D eigenvalue weighted by molar-refractivity contribution is 0.668. The predicted molar refractivity (Wildman–Crippen MR) is 312 cm³/mol. The molecule has 0 bridgehead atoms. The van der Waals surface area contributed by atoms with Crippen molar-refractivity contribution < 1.29 is 8.83 Å². The first-order valence-electron chi connectivity index (χ1n) is 25.7. The number of rotatable bonds is 7. The normalized spacial score (nSPS) is 11.9. The maximum atomic E-state index is 6.37. The molecule has 0 aliphatic carbocycles. The number of para-hydroxylation sites is 4. The van der Waals surface area contributed by atoms with Crippen molar-refractivity contribution in [1.82, 2.24) is 19.1 Å². The fourth-order valence-corrected chi connectivity index (χ4v) is 11.7. The van der Waals surface area contributed by atoms with Gasteiger partial charge in [-0.15, -0.1) is 0 Å². The van der Waals surface area contributed by atoms with E-state index < -0.39 is 0 Å². The number of hydrogen-bond donors (Lipinski definition) is 0. The zero-order valence-corrected chi connectivity index (χ0v) is 40.9. The van der Waals surface area contributed by atoms with Crippen LogP contribution in [0.5, 0.6) is 0 Å². The molecule has 0 amide bonds. The van der Waals surface area contributed by atoms with Crippen molar-refractivity contribution in [3.05, 3.63) is 255 Å². The number of hydrogen-bond acceptors (Lipinski definition) is 4. The molecule has 6 heteroatoms. The number of fused-ring (bicyclic) bond motifs is 12. The summed E-state index contributed by atoms with van der Waals surface area (Å²) < 4.78 is 17.6. The minimum Gasteiger partial charge on any atom is -0.456 e. The van der Waals surface area contributed by atoms with Gasteiger partial charge < -0.3 is 18.0 Å². The maximum Gasteiger partial charge on any atom is 0.160 e. The minimum atomic E-state index is 0.666. The van der Waals surface area contributed by atoms with E-state index in [0.29, 0.717) is 5.82 Å². The number of aromatic nitrogens is 4. The summed E-state index contributed by atoms with van der Waals surface area (Å²) in [5.41, 5.74) is 19.1. The average molecular weight is 971 g/mol. The van der Waals surface area contributed by atoms with Gasteiger partial charge in [0.1, 0.15) is 22.3 Å². The molecule has 0 spiro atoms. The molecule has 0 atom stereocenters. The SMILES string of the molecule is c1ccc(-c2cc(-c3cc(-n4c5ccccc5c5cc(-c6ccc7c(c6)oc6ccccc67)ccc54)cc(-n4c5ccccc5c5cc(-c6ccc7c(c6)oc6ccccc67)ccc54)c3)nc(-c3ccccc3)n2)cc1. The first-order valence-corrected chi connectivity index (χ1v) is 25.7. The first-order chi connectivity index (χ1) is 37.6. The smallest absolute Gasteiger partial charge is 0.160 e. The van der Waals surface area contributed by atoms with Crippen LogP contribution in [-0.4, -0.2) is 19.1 Å².